The maximum Gasteiger partial charge on any atom is 0.258 e. The van der Waals surface area contributed by atoms with Gasteiger partial charge in [-0.05, 0) is 37.5 Å². The van der Waals surface area contributed by atoms with Crippen LogP contribution >= 0.6 is 0 Å². The summed E-state index contributed by atoms with van der Waals surface area (Å²) in [7, 11) is -3.22. The molecule has 2 aliphatic rings. The number of benzene rings is 2. The van der Waals surface area contributed by atoms with Gasteiger partial charge in [0.1, 0.15) is 0 Å². The Balaban J connectivity index is 1.56. The van der Waals surface area contributed by atoms with Gasteiger partial charge in [0.25, 0.3) is 5.91 Å². The summed E-state index contributed by atoms with van der Waals surface area (Å²) in [5, 5.41) is 4.78. The van der Waals surface area contributed by atoms with Crippen LogP contribution in [0.25, 0.3) is 10.8 Å². The lowest BCUT2D eigenvalue weighted by Gasteiger charge is -2.29. The minimum Gasteiger partial charge on any atom is -0.325 e. The van der Waals surface area contributed by atoms with E-state index in [1.165, 1.54) is 10.6 Å². The number of piperidine rings is 1. The van der Waals surface area contributed by atoms with E-state index in [1.54, 1.807) is 0 Å². The molecular formula is C22H27N3O4S. The molecule has 0 spiro atoms. The van der Waals surface area contributed by atoms with Crippen LogP contribution in [0, 0.1) is 5.92 Å². The SMILES string of the molecule is CCCCN1C(=O)c2cccc3c(NC(=O)C4CCN(S(C)(=O)=O)CC4)ccc1c23. The number of amides is 2. The molecule has 0 saturated carbocycles. The topological polar surface area (TPSA) is 86.8 Å². The van der Waals surface area contributed by atoms with E-state index in [1.807, 2.05) is 35.2 Å². The van der Waals surface area contributed by atoms with Gasteiger partial charge in [-0.1, -0.05) is 25.5 Å². The Morgan fingerprint density at radius 2 is 1.90 bits per heavy atom. The quantitative estimate of drug-likeness (QED) is 0.764. The summed E-state index contributed by atoms with van der Waals surface area (Å²) >= 11 is 0. The zero-order valence-corrected chi connectivity index (χ0v) is 18.2. The van der Waals surface area contributed by atoms with Crippen LogP contribution < -0.4 is 10.2 Å². The van der Waals surface area contributed by atoms with Gasteiger partial charge >= 0.3 is 0 Å². The monoisotopic (exact) mass is 429 g/mol. The van der Waals surface area contributed by atoms with Crippen molar-refractivity contribution in [2.45, 2.75) is 32.6 Å². The highest BCUT2D eigenvalue weighted by Crippen LogP contribution is 2.41. The van der Waals surface area contributed by atoms with Crippen LogP contribution in [0.1, 0.15) is 43.0 Å². The highest BCUT2D eigenvalue weighted by atomic mass is 32.2. The van der Waals surface area contributed by atoms with Gasteiger partial charge in [0.2, 0.25) is 15.9 Å². The molecule has 160 valence electrons. The van der Waals surface area contributed by atoms with Gasteiger partial charge in [-0.2, -0.15) is 0 Å². The molecule has 2 heterocycles. The number of rotatable bonds is 6. The summed E-state index contributed by atoms with van der Waals surface area (Å²) < 4.78 is 24.8. The number of carbonyl (C=O) groups excluding carboxylic acids is 2. The molecule has 2 aromatic rings. The molecule has 2 aromatic carbocycles. The third-order valence-corrected chi connectivity index (χ3v) is 7.38. The number of unbranched alkanes of at least 4 members (excludes halogenated alkanes) is 1. The molecule has 0 aromatic heterocycles. The maximum absolute atomic E-state index is 12.9. The van der Waals surface area contributed by atoms with Crippen molar-refractivity contribution in [3.63, 3.8) is 0 Å². The van der Waals surface area contributed by atoms with Crippen LogP contribution in [0.3, 0.4) is 0 Å². The van der Waals surface area contributed by atoms with Crippen LogP contribution in [-0.4, -0.2) is 50.4 Å². The minimum absolute atomic E-state index is 0.0145. The van der Waals surface area contributed by atoms with Gasteiger partial charge in [0.15, 0.2) is 0 Å². The number of nitrogens with one attached hydrogen (secondary N) is 1. The molecule has 0 atom stereocenters. The second-order valence-corrected chi connectivity index (χ2v) is 10.1. The van der Waals surface area contributed by atoms with Crippen LogP contribution in [0.15, 0.2) is 30.3 Å². The predicted octanol–water partition coefficient (Wildman–Crippen LogP) is 3.21. The van der Waals surface area contributed by atoms with Crippen molar-refractivity contribution in [3.8, 4) is 0 Å². The molecule has 2 amide bonds. The van der Waals surface area contributed by atoms with E-state index >= 15 is 0 Å². The summed E-state index contributed by atoms with van der Waals surface area (Å²) in [6.45, 7) is 3.51. The predicted molar refractivity (Wildman–Crippen MR) is 118 cm³/mol. The first kappa shape index (κ1) is 20.8. The molecule has 30 heavy (non-hydrogen) atoms. The highest BCUT2D eigenvalue weighted by Gasteiger charge is 2.32. The first-order valence-electron chi connectivity index (χ1n) is 10.4. The second kappa shape index (κ2) is 8.00. The van der Waals surface area contributed by atoms with Crippen molar-refractivity contribution in [2.75, 3.05) is 36.1 Å². The Kier molecular flexibility index (Phi) is 5.55. The van der Waals surface area contributed by atoms with Gasteiger partial charge < -0.3 is 10.2 Å². The molecule has 0 bridgehead atoms. The van der Waals surface area contributed by atoms with Crippen molar-refractivity contribution in [3.05, 3.63) is 35.9 Å². The fourth-order valence-corrected chi connectivity index (χ4v) is 5.25. The van der Waals surface area contributed by atoms with Crippen molar-refractivity contribution >= 4 is 44.0 Å². The number of anilines is 2. The molecule has 1 N–H and O–H groups in total. The lowest BCUT2D eigenvalue weighted by Crippen LogP contribution is -2.40. The van der Waals surface area contributed by atoms with E-state index in [4.69, 9.17) is 0 Å². The van der Waals surface area contributed by atoms with Crippen molar-refractivity contribution in [2.24, 2.45) is 5.92 Å². The van der Waals surface area contributed by atoms with E-state index < -0.39 is 10.0 Å². The lowest BCUT2D eigenvalue weighted by atomic mass is 9.96. The van der Waals surface area contributed by atoms with Gasteiger partial charge in [0, 0.05) is 47.6 Å². The van der Waals surface area contributed by atoms with E-state index in [-0.39, 0.29) is 17.7 Å². The van der Waals surface area contributed by atoms with E-state index in [0.717, 1.165) is 29.3 Å². The zero-order chi connectivity index (χ0) is 21.5. The molecule has 1 saturated heterocycles. The smallest absolute Gasteiger partial charge is 0.258 e. The average molecular weight is 430 g/mol. The minimum atomic E-state index is -3.22. The summed E-state index contributed by atoms with van der Waals surface area (Å²) in [6.07, 6.45) is 4.15. The van der Waals surface area contributed by atoms with Gasteiger partial charge in [-0.15, -0.1) is 0 Å². The standard InChI is InChI=1S/C22H27N3O4S/c1-3-4-12-25-19-9-8-18(16-6-5-7-17(20(16)19)22(25)27)23-21(26)15-10-13-24(14-11-15)30(2,28)29/h5-9,15H,3-4,10-14H2,1-2H3,(H,23,26). The summed E-state index contributed by atoms with van der Waals surface area (Å²) in [6, 6.07) is 9.40. The number of hydrogen-bond donors (Lipinski definition) is 1. The Bertz CT molecular complexity index is 1100. The van der Waals surface area contributed by atoms with Gasteiger partial charge in [0.05, 0.1) is 11.9 Å². The summed E-state index contributed by atoms with van der Waals surface area (Å²) in [4.78, 5) is 27.6. The normalized spacial score (nSPS) is 17.7. The van der Waals surface area contributed by atoms with Crippen LogP contribution in [0.5, 0.6) is 0 Å². The molecule has 7 nitrogen and oxygen atoms in total. The number of hydrogen-bond acceptors (Lipinski definition) is 4. The molecule has 4 rings (SSSR count). The lowest BCUT2D eigenvalue weighted by molar-refractivity contribution is -0.120. The largest absolute Gasteiger partial charge is 0.325 e. The third-order valence-electron chi connectivity index (χ3n) is 6.07. The first-order valence-corrected chi connectivity index (χ1v) is 12.3. The van der Waals surface area contributed by atoms with Crippen molar-refractivity contribution in [1.82, 2.24) is 4.31 Å². The fraction of sp³-hybridized carbons (Fsp3) is 0.455. The molecule has 1 fully saturated rings. The maximum atomic E-state index is 12.9. The molecule has 2 aliphatic heterocycles. The number of carbonyl (C=O) groups is 2. The van der Waals surface area contributed by atoms with E-state index in [2.05, 4.69) is 12.2 Å². The van der Waals surface area contributed by atoms with Gasteiger partial charge in [-0.3, -0.25) is 9.59 Å². The Hall–Kier alpha value is -2.45. The summed E-state index contributed by atoms with van der Waals surface area (Å²) in [5.74, 6) is -0.314. The van der Waals surface area contributed by atoms with Crippen molar-refractivity contribution < 1.29 is 18.0 Å². The van der Waals surface area contributed by atoms with E-state index in [9.17, 15) is 18.0 Å². The average Bonchev–Trinajstić information content (AvgIpc) is 3.00. The Morgan fingerprint density at radius 3 is 2.57 bits per heavy atom. The van der Waals surface area contributed by atoms with Crippen molar-refractivity contribution in [1.29, 1.82) is 0 Å². The fourth-order valence-electron chi connectivity index (χ4n) is 4.38. The highest BCUT2D eigenvalue weighted by molar-refractivity contribution is 7.88. The molecule has 0 unspecified atom stereocenters. The molecule has 0 aliphatic carbocycles. The van der Waals surface area contributed by atoms with E-state index in [0.29, 0.717) is 43.7 Å². The third kappa shape index (κ3) is 3.70. The number of sulfonamides is 1. The molecular weight excluding hydrogens is 402 g/mol. The zero-order valence-electron chi connectivity index (χ0n) is 17.3. The van der Waals surface area contributed by atoms with Crippen LogP contribution in [0.2, 0.25) is 0 Å². The second-order valence-electron chi connectivity index (χ2n) is 8.10. The van der Waals surface area contributed by atoms with Crippen LogP contribution in [-0.2, 0) is 14.8 Å². The van der Waals surface area contributed by atoms with Gasteiger partial charge in [-0.25, -0.2) is 12.7 Å². The summed E-state index contributed by atoms with van der Waals surface area (Å²) in [5.41, 5.74) is 2.27. The molecule has 0 radical (unpaired) electrons. The Morgan fingerprint density at radius 1 is 1.17 bits per heavy atom. The van der Waals surface area contributed by atoms with Crippen LogP contribution in [0.4, 0.5) is 11.4 Å². The number of nitrogens with zero attached hydrogens (tertiary/aromatic N) is 2. The molecule has 8 heteroatoms. The Labute approximate surface area is 177 Å². The first-order chi connectivity index (χ1) is 14.3.